The summed E-state index contributed by atoms with van der Waals surface area (Å²) in [5.74, 6) is 0.0403. The van der Waals surface area contributed by atoms with Crippen LogP contribution in [0.25, 0.3) is 0 Å². The van der Waals surface area contributed by atoms with Crippen molar-refractivity contribution in [2.75, 3.05) is 6.54 Å². The van der Waals surface area contributed by atoms with E-state index in [0.29, 0.717) is 6.54 Å². The van der Waals surface area contributed by atoms with Crippen LogP contribution in [-0.4, -0.2) is 18.0 Å². The average molecular weight is 252 g/mol. The van der Waals surface area contributed by atoms with E-state index in [1.807, 2.05) is 19.9 Å². The minimum absolute atomic E-state index is 0.0403. The molecule has 0 atom stereocenters. The fourth-order valence-electron chi connectivity index (χ4n) is 2.42. The number of thiophene rings is 1. The largest absolute Gasteiger partial charge is 0.345 e. The topological polar surface area (TPSA) is 55.1 Å². The lowest BCUT2D eigenvalue weighted by molar-refractivity contribution is 0.0907. The first kappa shape index (κ1) is 12.6. The summed E-state index contributed by atoms with van der Waals surface area (Å²) in [6.45, 7) is 4.63. The quantitative estimate of drug-likeness (QED) is 0.867. The third kappa shape index (κ3) is 2.53. The molecule has 4 heteroatoms. The maximum Gasteiger partial charge on any atom is 0.261 e. The molecule has 1 fully saturated rings. The van der Waals surface area contributed by atoms with Crippen molar-refractivity contribution in [3.05, 3.63) is 21.4 Å². The molecule has 1 saturated carbocycles. The first-order valence-corrected chi connectivity index (χ1v) is 6.98. The van der Waals surface area contributed by atoms with Crippen molar-refractivity contribution in [2.45, 2.75) is 45.1 Å². The molecular formula is C13H20N2OS. The molecule has 0 aliphatic heterocycles. The second kappa shape index (κ2) is 4.78. The van der Waals surface area contributed by atoms with Crippen LogP contribution in [0.3, 0.4) is 0 Å². The molecular weight excluding hydrogens is 232 g/mol. The van der Waals surface area contributed by atoms with Crippen molar-refractivity contribution in [1.82, 2.24) is 5.32 Å². The Morgan fingerprint density at radius 1 is 1.47 bits per heavy atom. The SMILES string of the molecule is Cc1cc(C(=O)NC2(CN)CCCC2)sc1C. The predicted octanol–water partition coefficient (Wildman–Crippen LogP) is 2.37. The van der Waals surface area contributed by atoms with Crippen LogP contribution in [-0.2, 0) is 0 Å². The summed E-state index contributed by atoms with van der Waals surface area (Å²) >= 11 is 1.56. The highest BCUT2D eigenvalue weighted by molar-refractivity contribution is 7.14. The minimum atomic E-state index is -0.150. The maximum absolute atomic E-state index is 12.2. The maximum atomic E-state index is 12.2. The molecule has 0 spiro atoms. The van der Waals surface area contributed by atoms with Crippen LogP contribution in [0.15, 0.2) is 6.07 Å². The van der Waals surface area contributed by atoms with Gasteiger partial charge >= 0.3 is 0 Å². The highest BCUT2D eigenvalue weighted by atomic mass is 32.1. The number of nitrogens with two attached hydrogens (primary N) is 1. The highest BCUT2D eigenvalue weighted by Crippen LogP contribution is 2.29. The molecule has 0 bridgehead atoms. The number of nitrogens with one attached hydrogen (secondary N) is 1. The third-order valence-corrected chi connectivity index (χ3v) is 4.87. The number of rotatable bonds is 3. The van der Waals surface area contributed by atoms with Gasteiger partial charge in [-0.3, -0.25) is 4.79 Å². The van der Waals surface area contributed by atoms with Crippen LogP contribution in [0, 0.1) is 13.8 Å². The van der Waals surface area contributed by atoms with E-state index in [4.69, 9.17) is 5.73 Å². The van der Waals surface area contributed by atoms with Crippen LogP contribution in [0.1, 0.15) is 45.8 Å². The van der Waals surface area contributed by atoms with Gasteiger partial charge in [-0.1, -0.05) is 12.8 Å². The lowest BCUT2D eigenvalue weighted by Gasteiger charge is -2.28. The zero-order chi connectivity index (χ0) is 12.5. The zero-order valence-corrected chi connectivity index (χ0v) is 11.3. The van der Waals surface area contributed by atoms with Gasteiger partial charge in [-0.15, -0.1) is 11.3 Å². The Kier molecular flexibility index (Phi) is 3.54. The summed E-state index contributed by atoms with van der Waals surface area (Å²) in [7, 11) is 0. The Morgan fingerprint density at radius 2 is 2.12 bits per heavy atom. The van der Waals surface area contributed by atoms with Crippen molar-refractivity contribution in [3.8, 4) is 0 Å². The number of hydrogen-bond acceptors (Lipinski definition) is 3. The van der Waals surface area contributed by atoms with E-state index in [1.165, 1.54) is 23.3 Å². The number of amides is 1. The second-order valence-electron chi connectivity index (χ2n) is 5.00. The van der Waals surface area contributed by atoms with Gasteiger partial charge < -0.3 is 11.1 Å². The molecule has 94 valence electrons. The molecule has 3 nitrogen and oxygen atoms in total. The summed E-state index contributed by atoms with van der Waals surface area (Å²) in [6, 6.07) is 1.97. The lowest BCUT2D eigenvalue weighted by atomic mass is 9.98. The molecule has 17 heavy (non-hydrogen) atoms. The summed E-state index contributed by atoms with van der Waals surface area (Å²) in [5.41, 5.74) is 6.86. The predicted molar refractivity (Wildman–Crippen MR) is 71.5 cm³/mol. The number of carbonyl (C=O) groups is 1. The van der Waals surface area contributed by atoms with Crippen molar-refractivity contribution < 1.29 is 4.79 Å². The smallest absolute Gasteiger partial charge is 0.261 e. The molecule has 0 unspecified atom stereocenters. The second-order valence-corrected chi connectivity index (χ2v) is 6.25. The first-order valence-electron chi connectivity index (χ1n) is 6.16. The Morgan fingerprint density at radius 3 is 2.59 bits per heavy atom. The van der Waals surface area contributed by atoms with Crippen LogP contribution in [0.4, 0.5) is 0 Å². The van der Waals surface area contributed by atoms with Gasteiger partial charge in [0.05, 0.1) is 10.4 Å². The molecule has 0 radical (unpaired) electrons. The Hall–Kier alpha value is -0.870. The normalized spacial score (nSPS) is 18.3. The summed E-state index contributed by atoms with van der Waals surface area (Å²) in [4.78, 5) is 14.2. The fraction of sp³-hybridized carbons (Fsp3) is 0.615. The van der Waals surface area contributed by atoms with E-state index >= 15 is 0 Å². The van der Waals surface area contributed by atoms with Gasteiger partial charge in [-0.25, -0.2) is 0 Å². The van der Waals surface area contributed by atoms with Crippen molar-refractivity contribution in [1.29, 1.82) is 0 Å². The number of hydrogen-bond donors (Lipinski definition) is 2. The Labute approximate surface area is 106 Å². The van der Waals surface area contributed by atoms with E-state index in [9.17, 15) is 4.79 Å². The van der Waals surface area contributed by atoms with Crippen molar-refractivity contribution in [2.24, 2.45) is 5.73 Å². The molecule has 1 aromatic rings. The van der Waals surface area contributed by atoms with Crippen LogP contribution in [0.5, 0.6) is 0 Å². The van der Waals surface area contributed by atoms with Gasteiger partial charge in [0.1, 0.15) is 0 Å². The minimum Gasteiger partial charge on any atom is -0.345 e. The molecule has 1 aromatic heterocycles. The molecule has 1 aliphatic carbocycles. The summed E-state index contributed by atoms with van der Waals surface area (Å²) in [5, 5.41) is 3.15. The molecule has 0 saturated heterocycles. The van der Waals surface area contributed by atoms with Gasteiger partial charge in [0.2, 0.25) is 0 Å². The van der Waals surface area contributed by atoms with Crippen LogP contribution >= 0.6 is 11.3 Å². The summed E-state index contributed by atoms with van der Waals surface area (Å²) in [6.07, 6.45) is 4.36. The number of carbonyl (C=O) groups excluding carboxylic acids is 1. The van der Waals surface area contributed by atoms with E-state index in [0.717, 1.165) is 17.7 Å². The molecule has 1 heterocycles. The van der Waals surface area contributed by atoms with E-state index < -0.39 is 0 Å². The molecule has 3 N–H and O–H groups in total. The molecule has 1 amide bonds. The van der Waals surface area contributed by atoms with Crippen molar-refractivity contribution in [3.63, 3.8) is 0 Å². The lowest BCUT2D eigenvalue weighted by Crippen LogP contribution is -2.51. The average Bonchev–Trinajstić information content (AvgIpc) is 2.88. The molecule has 0 aromatic carbocycles. The van der Waals surface area contributed by atoms with Gasteiger partial charge in [-0.05, 0) is 38.3 Å². The summed E-state index contributed by atoms with van der Waals surface area (Å²) < 4.78 is 0. The van der Waals surface area contributed by atoms with E-state index in [2.05, 4.69) is 5.32 Å². The standard InChI is InChI=1S/C13H20N2OS/c1-9-7-11(17-10(9)2)12(16)15-13(8-14)5-3-4-6-13/h7H,3-6,8,14H2,1-2H3,(H,15,16). The third-order valence-electron chi connectivity index (χ3n) is 3.72. The monoisotopic (exact) mass is 252 g/mol. The Balaban J connectivity index is 2.10. The fourth-order valence-corrected chi connectivity index (χ4v) is 3.35. The highest BCUT2D eigenvalue weighted by Gasteiger charge is 2.34. The zero-order valence-electron chi connectivity index (χ0n) is 10.5. The Bertz CT molecular complexity index is 400. The van der Waals surface area contributed by atoms with Gasteiger partial charge in [0, 0.05) is 11.4 Å². The van der Waals surface area contributed by atoms with Crippen LogP contribution < -0.4 is 11.1 Å². The van der Waals surface area contributed by atoms with Gasteiger partial charge in [0.15, 0.2) is 0 Å². The first-order chi connectivity index (χ1) is 8.06. The molecule has 1 aliphatic rings. The van der Waals surface area contributed by atoms with Crippen molar-refractivity contribution >= 4 is 17.2 Å². The number of aryl methyl sites for hydroxylation is 2. The van der Waals surface area contributed by atoms with Crippen LogP contribution in [0.2, 0.25) is 0 Å². The van der Waals surface area contributed by atoms with Gasteiger partial charge in [-0.2, -0.15) is 0 Å². The van der Waals surface area contributed by atoms with Gasteiger partial charge in [0.25, 0.3) is 5.91 Å². The molecule has 2 rings (SSSR count). The van der Waals surface area contributed by atoms with E-state index in [1.54, 1.807) is 11.3 Å². The van der Waals surface area contributed by atoms with E-state index in [-0.39, 0.29) is 11.4 Å².